The molecule has 4 nitrogen and oxygen atoms in total. The number of allylic oxidation sites excluding steroid dienone is 1. The Kier molecular flexibility index (Phi) is 4.04. The molecule has 2 aliphatic heterocycles. The fourth-order valence-corrected chi connectivity index (χ4v) is 2.98. The number of carbonyl (C=O) groups is 2. The number of fused-ring (bicyclic) bond motifs is 1. The van der Waals surface area contributed by atoms with Crippen LogP contribution < -0.4 is 0 Å². The van der Waals surface area contributed by atoms with Crippen molar-refractivity contribution in [2.75, 3.05) is 13.2 Å². The summed E-state index contributed by atoms with van der Waals surface area (Å²) in [4.78, 5) is 26.3. The summed E-state index contributed by atoms with van der Waals surface area (Å²) in [5.74, 6) is -0.459. The Labute approximate surface area is 108 Å². The van der Waals surface area contributed by atoms with E-state index in [4.69, 9.17) is 4.74 Å². The van der Waals surface area contributed by atoms with Gasteiger partial charge in [-0.25, -0.2) is 4.79 Å². The van der Waals surface area contributed by atoms with E-state index in [0.717, 1.165) is 37.9 Å². The molecule has 0 aromatic rings. The van der Waals surface area contributed by atoms with Crippen LogP contribution in [0.4, 0.5) is 0 Å². The van der Waals surface area contributed by atoms with E-state index in [1.165, 1.54) is 0 Å². The summed E-state index contributed by atoms with van der Waals surface area (Å²) in [7, 11) is 0. The van der Waals surface area contributed by atoms with Crippen LogP contribution in [-0.2, 0) is 14.3 Å². The molecule has 1 fully saturated rings. The van der Waals surface area contributed by atoms with Crippen LogP contribution in [0.2, 0.25) is 0 Å². The number of nitrogens with zero attached hydrogens (tertiary/aromatic N) is 1. The van der Waals surface area contributed by atoms with Crippen LogP contribution in [0.15, 0.2) is 11.3 Å². The molecule has 2 heterocycles. The van der Waals surface area contributed by atoms with Crippen LogP contribution >= 0.6 is 0 Å². The van der Waals surface area contributed by atoms with E-state index in [1.54, 1.807) is 6.92 Å². The van der Waals surface area contributed by atoms with Crippen molar-refractivity contribution in [3.63, 3.8) is 0 Å². The molecule has 4 heteroatoms. The van der Waals surface area contributed by atoms with Gasteiger partial charge in [0.2, 0.25) is 0 Å². The Morgan fingerprint density at radius 2 is 2.22 bits per heavy atom. The van der Waals surface area contributed by atoms with Crippen LogP contribution in [0.1, 0.15) is 46.0 Å². The highest BCUT2D eigenvalue weighted by molar-refractivity contribution is 6.18. The summed E-state index contributed by atoms with van der Waals surface area (Å²) in [6.07, 6.45) is 4.42. The van der Waals surface area contributed by atoms with Crippen molar-refractivity contribution in [2.45, 2.75) is 52.0 Å². The highest BCUT2D eigenvalue weighted by atomic mass is 16.5. The lowest BCUT2D eigenvalue weighted by Crippen LogP contribution is -2.40. The Morgan fingerprint density at radius 3 is 2.89 bits per heavy atom. The minimum absolute atomic E-state index is 0.0277. The van der Waals surface area contributed by atoms with Gasteiger partial charge >= 0.3 is 5.97 Å². The lowest BCUT2D eigenvalue weighted by Gasteiger charge is -2.35. The Bertz CT molecular complexity index is 387. The fraction of sp³-hybridized carbons (Fsp3) is 0.714. The normalized spacial score (nSPS) is 23.3. The maximum atomic E-state index is 12.2. The van der Waals surface area contributed by atoms with Crippen LogP contribution in [0.3, 0.4) is 0 Å². The number of ketones is 1. The third-order valence-electron chi connectivity index (χ3n) is 3.69. The predicted octanol–water partition coefficient (Wildman–Crippen LogP) is 2.04. The number of hydrogen-bond donors (Lipinski definition) is 0. The van der Waals surface area contributed by atoms with Crippen molar-refractivity contribution in [1.82, 2.24) is 4.90 Å². The highest BCUT2D eigenvalue weighted by Gasteiger charge is 2.38. The van der Waals surface area contributed by atoms with E-state index in [1.807, 2.05) is 0 Å². The monoisotopic (exact) mass is 251 g/mol. The first-order chi connectivity index (χ1) is 8.69. The Hall–Kier alpha value is -1.32. The maximum absolute atomic E-state index is 12.2. The van der Waals surface area contributed by atoms with E-state index in [-0.39, 0.29) is 11.8 Å². The minimum Gasteiger partial charge on any atom is -0.462 e. The molecule has 0 aromatic heterocycles. The zero-order chi connectivity index (χ0) is 13.1. The molecular formula is C14H21NO3. The number of ether oxygens (including phenoxy) is 1. The third-order valence-corrected chi connectivity index (χ3v) is 3.69. The lowest BCUT2D eigenvalue weighted by molar-refractivity contribution is -0.140. The van der Waals surface area contributed by atoms with Crippen molar-refractivity contribution in [3.05, 3.63) is 11.3 Å². The van der Waals surface area contributed by atoms with Crippen molar-refractivity contribution in [1.29, 1.82) is 0 Å². The van der Waals surface area contributed by atoms with Gasteiger partial charge in [0.1, 0.15) is 5.57 Å². The second-order valence-electron chi connectivity index (χ2n) is 4.91. The van der Waals surface area contributed by atoms with Crippen LogP contribution in [0.5, 0.6) is 0 Å². The van der Waals surface area contributed by atoms with Crippen molar-refractivity contribution >= 4 is 11.8 Å². The third kappa shape index (κ3) is 2.28. The summed E-state index contributed by atoms with van der Waals surface area (Å²) < 4.78 is 5.01. The van der Waals surface area contributed by atoms with Gasteiger partial charge in [-0.3, -0.25) is 4.79 Å². The highest BCUT2D eigenvalue weighted by Crippen LogP contribution is 2.35. The first kappa shape index (κ1) is 13.1. The SMILES string of the molecule is CCCC1CC(=O)C(C(=O)OCC)=C2CCCN21. The number of Topliss-reactive ketones (excluding diaryl/α,β-unsaturated/α-hetero) is 1. The second-order valence-corrected chi connectivity index (χ2v) is 4.91. The Balaban J connectivity index is 2.29. The number of carbonyl (C=O) groups excluding carboxylic acids is 2. The molecule has 18 heavy (non-hydrogen) atoms. The molecule has 100 valence electrons. The Morgan fingerprint density at radius 1 is 1.44 bits per heavy atom. The van der Waals surface area contributed by atoms with Crippen LogP contribution in [-0.4, -0.2) is 35.8 Å². The minimum atomic E-state index is -0.431. The maximum Gasteiger partial charge on any atom is 0.343 e. The summed E-state index contributed by atoms with van der Waals surface area (Å²) in [5, 5.41) is 0. The molecule has 1 atom stereocenters. The molecule has 2 aliphatic rings. The van der Waals surface area contributed by atoms with Gasteiger partial charge in [0.25, 0.3) is 0 Å². The lowest BCUT2D eigenvalue weighted by atomic mass is 9.93. The first-order valence-corrected chi connectivity index (χ1v) is 6.89. The van der Waals surface area contributed by atoms with E-state index >= 15 is 0 Å². The zero-order valence-electron chi connectivity index (χ0n) is 11.2. The largest absolute Gasteiger partial charge is 0.462 e. The summed E-state index contributed by atoms with van der Waals surface area (Å²) in [6, 6.07) is 0.290. The summed E-state index contributed by atoms with van der Waals surface area (Å²) >= 11 is 0. The first-order valence-electron chi connectivity index (χ1n) is 6.89. The molecule has 1 saturated heterocycles. The van der Waals surface area contributed by atoms with Crippen molar-refractivity contribution in [3.8, 4) is 0 Å². The van der Waals surface area contributed by atoms with Gasteiger partial charge in [-0.05, 0) is 26.2 Å². The predicted molar refractivity (Wildman–Crippen MR) is 67.9 cm³/mol. The van der Waals surface area contributed by atoms with Crippen molar-refractivity contribution in [2.24, 2.45) is 0 Å². The van der Waals surface area contributed by atoms with E-state index < -0.39 is 5.97 Å². The molecule has 0 N–H and O–H groups in total. The quantitative estimate of drug-likeness (QED) is 0.566. The molecular weight excluding hydrogens is 230 g/mol. The average molecular weight is 251 g/mol. The van der Waals surface area contributed by atoms with Crippen molar-refractivity contribution < 1.29 is 14.3 Å². The number of rotatable bonds is 4. The molecule has 1 unspecified atom stereocenters. The van der Waals surface area contributed by atoms with E-state index in [2.05, 4.69) is 11.8 Å². The topological polar surface area (TPSA) is 46.6 Å². The molecule has 0 saturated carbocycles. The number of esters is 1. The molecule has 0 aromatic carbocycles. The van der Waals surface area contributed by atoms with Crippen LogP contribution in [0, 0.1) is 0 Å². The molecule has 0 radical (unpaired) electrons. The van der Waals surface area contributed by atoms with Gasteiger partial charge < -0.3 is 9.64 Å². The molecule has 0 aliphatic carbocycles. The smallest absolute Gasteiger partial charge is 0.343 e. The average Bonchev–Trinajstić information content (AvgIpc) is 2.78. The van der Waals surface area contributed by atoms with Gasteiger partial charge in [0.15, 0.2) is 5.78 Å². The zero-order valence-corrected chi connectivity index (χ0v) is 11.2. The molecule has 0 amide bonds. The number of hydrogen-bond acceptors (Lipinski definition) is 4. The van der Waals surface area contributed by atoms with Gasteiger partial charge in [0, 0.05) is 24.7 Å². The fourth-order valence-electron chi connectivity index (χ4n) is 2.98. The van der Waals surface area contributed by atoms with E-state index in [9.17, 15) is 9.59 Å². The molecule has 0 bridgehead atoms. The van der Waals surface area contributed by atoms with E-state index in [0.29, 0.717) is 18.6 Å². The summed E-state index contributed by atoms with van der Waals surface area (Å²) in [6.45, 7) is 5.19. The standard InChI is InChI=1S/C14H21NO3/c1-3-6-10-9-12(16)13(14(17)18-4-2)11-7-5-8-15(10)11/h10H,3-9H2,1-2H3. The second kappa shape index (κ2) is 5.55. The van der Waals surface area contributed by atoms with Gasteiger partial charge in [0.05, 0.1) is 6.61 Å². The van der Waals surface area contributed by atoms with Gasteiger partial charge in [-0.15, -0.1) is 0 Å². The summed E-state index contributed by atoms with van der Waals surface area (Å²) in [5.41, 5.74) is 1.25. The van der Waals surface area contributed by atoms with Gasteiger partial charge in [-0.2, -0.15) is 0 Å². The van der Waals surface area contributed by atoms with Crippen LogP contribution in [0.25, 0.3) is 0 Å². The molecule has 2 rings (SSSR count). The molecule has 0 spiro atoms. The van der Waals surface area contributed by atoms with Gasteiger partial charge in [-0.1, -0.05) is 13.3 Å².